The SMILES string of the molecule is Cc1cccc(-c2ccccc2CNc2nc(NC3CC3)n3ncc(/C=C4\NC(=O)NC4=O)c3n2)c1. The van der Waals surface area contributed by atoms with Crippen molar-refractivity contribution >= 4 is 35.6 Å². The van der Waals surface area contributed by atoms with E-state index in [4.69, 9.17) is 4.98 Å². The maximum absolute atomic E-state index is 12.0. The molecule has 3 heterocycles. The summed E-state index contributed by atoms with van der Waals surface area (Å²) in [5.74, 6) is 0.516. The van der Waals surface area contributed by atoms with Crippen molar-refractivity contribution in [2.75, 3.05) is 10.6 Å². The molecule has 6 rings (SSSR count). The number of fused-ring (bicyclic) bond motifs is 1. The molecule has 1 aliphatic carbocycles. The quantitative estimate of drug-likeness (QED) is 0.236. The molecule has 0 spiro atoms. The van der Waals surface area contributed by atoms with E-state index < -0.39 is 11.9 Å². The number of amides is 3. The molecule has 1 saturated heterocycles. The minimum atomic E-state index is -0.553. The highest BCUT2D eigenvalue weighted by molar-refractivity contribution is 6.14. The number of hydrogen-bond acceptors (Lipinski definition) is 7. The number of rotatable bonds is 7. The van der Waals surface area contributed by atoms with Gasteiger partial charge >= 0.3 is 6.03 Å². The lowest BCUT2D eigenvalue weighted by Gasteiger charge is -2.13. The highest BCUT2D eigenvalue weighted by Gasteiger charge is 2.26. The Hall–Kier alpha value is -4.73. The number of carbonyl (C=O) groups excluding carboxylic acids is 2. The zero-order valence-electron chi connectivity index (χ0n) is 19.6. The zero-order chi connectivity index (χ0) is 24.6. The molecule has 2 aromatic heterocycles. The normalized spacial score (nSPS) is 16.3. The predicted octanol–water partition coefficient (Wildman–Crippen LogP) is 3.47. The van der Waals surface area contributed by atoms with Crippen LogP contribution in [0.3, 0.4) is 0 Å². The molecule has 2 fully saturated rings. The Labute approximate surface area is 206 Å². The van der Waals surface area contributed by atoms with E-state index in [0.29, 0.717) is 35.7 Å². The first-order valence-corrected chi connectivity index (χ1v) is 11.8. The van der Waals surface area contributed by atoms with E-state index in [1.165, 1.54) is 5.56 Å². The van der Waals surface area contributed by atoms with Gasteiger partial charge < -0.3 is 16.0 Å². The Bertz CT molecular complexity index is 1540. The summed E-state index contributed by atoms with van der Waals surface area (Å²) in [5, 5.41) is 15.9. The van der Waals surface area contributed by atoms with Crippen LogP contribution in [0.2, 0.25) is 0 Å². The average molecular weight is 481 g/mol. The van der Waals surface area contributed by atoms with Gasteiger partial charge in [0.2, 0.25) is 11.9 Å². The Morgan fingerprint density at radius 2 is 1.94 bits per heavy atom. The van der Waals surface area contributed by atoms with E-state index in [-0.39, 0.29) is 5.70 Å². The molecule has 2 aliphatic rings. The van der Waals surface area contributed by atoms with Crippen LogP contribution >= 0.6 is 0 Å². The van der Waals surface area contributed by atoms with Gasteiger partial charge in [0.05, 0.1) is 6.20 Å². The number of aryl methyl sites for hydroxylation is 1. The molecule has 2 aromatic carbocycles. The van der Waals surface area contributed by atoms with Crippen molar-refractivity contribution in [2.24, 2.45) is 0 Å². The molecule has 4 N–H and O–H groups in total. The first kappa shape index (κ1) is 21.8. The van der Waals surface area contributed by atoms with Gasteiger partial charge in [-0.2, -0.15) is 19.6 Å². The van der Waals surface area contributed by atoms with Crippen molar-refractivity contribution < 1.29 is 9.59 Å². The summed E-state index contributed by atoms with van der Waals surface area (Å²) in [6.07, 6.45) is 5.31. The lowest BCUT2D eigenvalue weighted by atomic mass is 9.98. The monoisotopic (exact) mass is 480 g/mol. The second-order valence-corrected chi connectivity index (χ2v) is 8.97. The summed E-state index contributed by atoms with van der Waals surface area (Å²) in [6.45, 7) is 2.60. The Kier molecular flexibility index (Phi) is 5.33. The number of benzene rings is 2. The van der Waals surface area contributed by atoms with Crippen LogP contribution in [-0.4, -0.2) is 37.6 Å². The standard InChI is InChI=1S/C26H24N8O2/c1-15-5-4-7-16(11-15)20-8-3-2-6-17(20)13-27-24-31-22-18(12-21-23(35)32-26(36)30-21)14-28-34(22)25(33-24)29-19-9-10-19/h2-8,11-12,14,19H,9-10,13H2,1H3,(H2,27,29,31,33)(H2,30,32,35,36)/b21-12-. The molecule has 36 heavy (non-hydrogen) atoms. The first-order valence-electron chi connectivity index (χ1n) is 11.8. The van der Waals surface area contributed by atoms with Crippen molar-refractivity contribution in [2.45, 2.75) is 32.4 Å². The van der Waals surface area contributed by atoms with Crippen molar-refractivity contribution in [1.29, 1.82) is 0 Å². The molecule has 10 nitrogen and oxygen atoms in total. The molecule has 1 saturated carbocycles. The summed E-state index contributed by atoms with van der Waals surface area (Å²) < 4.78 is 1.62. The summed E-state index contributed by atoms with van der Waals surface area (Å²) in [7, 11) is 0. The van der Waals surface area contributed by atoms with Gasteiger partial charge in [-0.1, -0.05) is 54.1 Å². The highest BCUT2D eigenvalue weighted by atomic mass is 16.2. The molecule has 1 aliphatic heterocycles. The molecular weight excluding hydrogens is 456 g/mol. The second-order valence-electron chi connectivity index (χ2n) is 8.97. The third-order valence-electron chi connectivity index (χ3n) is 6.11. The van der Waals surface area contributed by atoms with Gasteiger partial charge in [-0.25, -0.2) is 4.79 Å². The van der Waals surface area contributed by atoms with Crippen LogP contribution in [0.25, 0.3) is 22.9 Å². The molecule has 0 radical (unpaired) electrons. The van der Waals surface area contributed by atoms with Crippen LogP contribution < -0.4 is 21.3 Å². The van der Waals surface area contributed by atoms with Crippen molar-refractivity contribution in [3.8, 4) is 11.1 Å². The van der Waals surface area contributed by atoms with Gasteiger partial charge in [0, 0.05) is 18.2 Å². The number of anilines is 2. The fourth-order valence-electron chi connectivity index (χ4n) is 4.16. The van der Waals surface area contributed by atoms with E-state index in [1.807, 2.05) is 12.1 Å². The largest absolute Gasteiger partial charge is 0.351 e. The molecule has 0 bridgehead atoms. The Balaban J connectivity index is 1.34. The van der Waals surface area contributed by atoms with Crippen LogP contribution in [0.15, 0.2) is 60.4 Å². The van der Waals surface area contributed by atoms with Crippen LogP contribution in [0.5, 0.6) is 0 Å². The van der Waals surface area contributed by atoms with E-state index in [9.17, 15) is 9.59 Å². The molecule has 3 amide bonds. The third-order valence-corrected chi connectivity index (χ3v) is 6.11. The average Bonchev–Trinajstić information content (AvgIpc) is 3.51. The van der Waals surface area contributed by atoms with Gasteiger partial charge in [-0.05, 0) is 42.5 Å². The molecule has 4 aromatic rings. The van der Waals surface area contributed by atoms with E-state index >= 15 is 0 Å². The van der Waals surface area contributed by atoms with Crippen LogP contribution in [-0.2, 0) is 11.3 Å². The van der Waals surface area contributed by atoms with Crippen molar-refractivity contribution in [3.63, 3.8) is 0 Å². The molecule has 180 valence electrons. The fraction of sp³-hybridized carbons (Fsp3) is 0.192. The van der Waals surface area contributed by atoms with Gasteiger partial charge in [0.1, 0.15) is 5.70 Å². The number of aromatic nitrogens is 4. The fourth-order valence-corrected chi connectivity index (χ4v) is 4.16. The smallest absolute Gasteiger partial charge is 0.326 e. The minimum absolute atomic E-state index is 0.145. The number of hydrogen-bond donors (Lipinski definition) is 4. The van der Waals surface area contributed by atoms with Crippen LogP contribution in [0.4, 0.5) is 16.7 Å². The maximum atomic E-state index is 12.0. The Morgan fingerprint density at radius 3 is 2.72 bits per heavy atom. The summed E-state index contributed by atoms with van der Waals surface area (Å²) in [5.41, 5.74) is 5.87. The van der Waals surface area contributed by atoms with Gasteiger partial charge in [-0.15, -0.1) is 0 Å². The summed E-state index contributed by atoms with van der Waals surface area (Å²) >= 11 is 0. The first-order chi connectivity index (χ1) is 17.5. The zero-order valence-corrected chi connectivity index (χ0v) is 19.6. The predicted molar refractivity (Wildman–Crippen MR) is 136 cm³/mol. The molecule has 0 atom stereocenters. The second kappa shape index (κ2) is 8.81. The molecule has 0 unspecified atom stereocenters. The van der Waals surface area contributed by atoms with Crippen molar-refractivity contribution in [1.82, 2.24) is 30.2 Å². The van der Waals surface area contributed by atoms with Crippen molar-refractivity contribution in [3.05, 3.63) is 77.1 Å². The maximum Gasteiger partial charge on any atom is 0.326 e. The van der Waals surface area contributed by atoms with Gasteiger partial charge in [0.15, 0.2) is 5.65 Å². The Morgan fingerprint density at radius 1 is 1.08 bits per heavy atom. The number of carbonyl (C=O) groups is 2. The minimum Gasteiger partial charge on any atom is -0.351 e. The number of nitrogens with one attached hydrogen (secondary N) is 4. The molecule has 10 heteroatoms. The highest BCUT2D eigenvalue weighted by Crippen LogP contribution is 2.27. The topological polar surface area (TPSA) is 125 Å². The van der Waals surface area contributed by atoms with E-state index in [1.54, 1.807) is 16.8 Å². The van der Waals surface area contributed by atoms with Crippen LogP contribution in [0.1, 0.15) is 29.5 Å². The van der Waals surface area contributed by atoms with E-state index in [0.717, 1.165) is 29.5 Å². The van der Waals surface area contributed by atoms with Gasteiger partial charge in [0.25, 0.3) is 5.91 Å². The number of nitrogens with zero attached hydrogens (tertiary/aromatic N) is 4. The summed E-state index contributed by atoms with van der Waals surface area (Å²) in [4.78, 5) is 32.9. The van der Waals surface area contributed by atoms with Gasteiger partial charge in [-0.3, -0.25) is 10.1 Å². The number of imide groups is 1. The van der Waals surface area contributed by atoms with E-state index in [2.05, 4.69) is 74.7 Å². The summed E-state index contributed by atoms with van der Waals surface area (Å²) in [6, 6.07) is 16.5. The number of urea groups is 1. The molecular formula is C26H24N8O2. The van der Waals surface area contributed by atoms with Crippen LogP contribution in [0, 0.1) is 6.92 Å². The third kappa shape index (κ3) is 4.36. The lowest BCUT2D eigenvalue weighted by Crippen LogP contribution is -2.22. The lowest BCUT2D eigenvalue weighted by molar-refractivity contribution is -0.115.